The average molecular weight is 406 g/mol. The van der Waals surface area contributed by atoms with Crippen LogP contribution in [0.2, 0.25) is 5.02 Å². The van der Waals surface area contributed by atoms with Crippen LogP contribution in [0.1, 0.15) is 19.8 Å². The van der Waals surface area contributed by atoms with Crippen molar-refractivity contribution in [3.05, 3.63) is 61.6 Å². The molecule has 3 rings (SSSR count). The Morgan fingerprint density at radius 3 is 2.74 bits per heavy atom. The van der Waals surface area contributed by atoms with Crippen molar-refractivity contribution in [2.24, 2.45) is 0 Å². The van der Waals surface area contributed by atoms with E-state index in [4.69, 9.17) is 11.6 Å². The first-order chi connectivity index (χ1) is 12.9. The molecule has 0 N–H and O–H groups in total. The third kappa shape index (κ3) is 3.84. The van der Waals surface area contributed by atoms with E-state index in [0.717, 1.165) is 17.4 Å². The molecule has 3 aromatic rings. The molecule has 1 aromatic carbocycles. The topological polar surface area (TPSA) is 64.3 Å². The quantitative estimate of drug-likeness (QED) is 0.632. The Morgan fingerprint density at radius 2 is 2.04 bits per heavy atom. The SMILES string of the molecule is CCCCN(C)C(=O)Cn1c(=O)n(-c2cccc(Cl)c2)c(=O)c2sccc21. The Balaban J connectivity index is 2.13. The average Bonchev–Trinajstić information content (AvgIpc) is 3.13. The molecule has 142 valence electrons. The lowest BCUT2D eigenvalue weighted by molar-refractivity contribution is -0.130. The molecule has 0 aliphatic carbocycles. The summed E-state index contributed by atoms with van der Waals surface area (Å²) in [5.41, 5.74) is -0.0976. The van der Waals surface area contributed by atoms with Gasteiger partial charge in [0.2, 0.25) is 5.91 Å². The molecule has 2 heterocycles. The van der Waals surface area contributed by atoms with E-state index in [9.17, 15) is 14.4 Å². The number of likely N-dealkylation sites (N-methyl/N-ethyl adjacent to an activating group) is 1. The zero-order valence-electron chi connectivity index (χ0n) is 15.1. The molecule has 0 spiro atoms. The van der Waals surface area contributed by atoms with Gasteiger partial charge in [0, 0.05) is 18.6 Å². The fourth-order valence-electron chi connectivity index (χ4n) is 2.86. The van der Waals surface area contributed by atoms with E-state index in [2.05, 4.69) is 6.92 Å². The van der Waals surface area contributed by atoms with Crippen LogP contribution in [0.15, 0.2) is 45.3 Å². The van der Waals surface area contributed by atoms with Gasteiger partial charge in [-0.15, -0.1) is 11.3 Å². The number of unbranched alkanes of at least 4 members (excludes halogenated alkanes) is 1. The molecular formula is C19H20ClN3O3S. The van der Waals surface area contributed by atoms with E-state index in [-0.39, 0.29) is 12.5 Å². The highest BCUT2D eigenvalue weighted by molar-refractivity contribution is 7.17. The number of fused-ring (bicyclic) bond motifs is 1. The number of halogens is 1. The van der Waals surface area contributed by atoms with Crippen LogP contribution >= 0.6 is 22.9 Å². The first-order valence-electron chi connectivity index (χ1n) is 8.67. The number of nitrogens with zero attached hydrogens (tertiary/aromatic N) is 3. The van der Waals surface area contributed by atoms with Crippen molar-refractivity contribution in [2.45, 2.75) is 26.3 Å². The Labute approximate surface area is 165 Å². The highest BCUT2D eigenvalue weighted by Gasteiger charge is 2.19. The zero-order chi connectivity index (χ0) is 19.6. The number of rotatable bonds is 6. The number of carbonyl (C=O) groups is 1. The molecule has 0 saturated heterocycles. The normalized spacial score (nSPS) is 11.1. The number of amides is 1. The Hall–Kier alpha value is -2.38. The van der Waals surface area contributed by atoms with Gasteiger partial charge in [0.05, 0.1) is 11.2 Å². The molecule has 27 heavy (non-hydrogen) atoms. The minimum atomic E-state index is -0.551. The minimum Gasteiger partial charge on any atom is -0.344 e. The second-order valence-electron chi connectivity index (χ2n) is 6.29. The van der Waals surface area contributed by atoms with Crippen molar-refractivity contribution in [3.8, 4) is 5.69 Å². The molecular weight excluding hydrogens is 386 g/mol. The maximum Gasteiger partial charge on any atom is 0.336 e. The summed E-state index contributed by atoms with van der Waals surface area (Å²) in [6, 6.07) is 8.25. The van der Waals surface area contributed by atoms with E-state index in [0.29, 0.717) is 27.5 Å². The van der Waals surface area contributed by atoms with Crippen molar-refractivity contribution >= 4 is 39.1 Å². The van der Waals surface area contributed by atoms with Crippen LogP contribution in [0.5, 0.6) is 0 Å². The van der Waals surface area contributed by atoms with Gasteiger partial charge >= 0.3 is 5.69 Å². The number of aromatic nitrogens is 2. The maximum atomic E-state index is 13.1. The van der Waals surface area contributed by atoms with Crippen molar-refractivity contribution in [1.82, 2.24) is 14.0 Å². The summed E-state index contributed by atoms with van der Waals surface area (Å²) in [6.07, 6.45) is 1.87. The summed E-state index contributed by atoms with van der Waals surface area (Å²) in [5, 5.41) is 2.17. The number of benzene rings is 1. The van der Waals surface area contributed by atoms with Gasteiger partial charge in [-0.25, -0.2) is 9.36 Å². The molecule has 0 aliphatic rings. The van der Waals surface area contributed by atoms with E-state index < -0.39 is 11.2 Å². The molecule has 0 atom stereocenters. The standard InChI is InChI=1S/C19H20ClN3O3S/c1-3-4-9-21(2)16(24)12-22-15-8-10-27-17(15)18(25)23(19(22)26)14-7-5-6-13(20)11-14/h5-8,10-11H,3-4,9,12H2,1-2H3. The van der Waals surface area contributed by atoms with Crippen LogP contribution in [0.25, 0.3) is 15.9 Å². The Bertz CT molecular complexity index is 1100. The summed E-state index contributed by atoms with van der Waals surface area (Å²) in [6.45, 7) is 2.57. The monoisotopic (exact) mass is 405 g/mol. The van der Waals surface area contributed by atoms with Crippen LogP contribution < -0.4 is 11.2 Å². The molecule has 0 aliphatic heterocycles. The first-order valence-corrected chi connectivity index (χ1v) is 9.92. The first kappa shape index (κ1) is 19.4. The number of carbonyl (C=O) groups excluding carboxylic acids is 1. The fraction of sp³-hybridized carbons (Fsp3) is 0.316. The number of hydrogen-bond acceptors (Lipinski definition) is 4. The second-order valence-corrected chi connectivity index (χ2v) is 7.65. The fourth-order valence-corrected chi connectivity index (χ4v) is 3.87. The molecule has 0 unspecified atom stereocenters. The zero-order valence-corrected chi connectivity index (χ0v) is 16.7. The van der Waals surface area contributed by atoms with Crippen LogP contribution in [0.4, 0.5) is 0 Å². The van der Waals surface area contributed by atoms with Crippen LogP contribution in [0, 0.1) is 0 Å². The smallest absolute Gasteiger partial charge is 0.336 e. The predicted molar refractivity (Wildman–Crippen MR) is 109 cm³/mol. The van der Waals surface area contributed by atoms with Crippen LogP contribution in [0.3, 0.4) is 0 Å². The van der Waals surface area contributed by atoms with E-state index in [1.165, 1.54) is 15.9 Å². The predicted octanol–water partition coefficient (Wildman–Crippen LogP) is 3.13. The van der Waals surface area contributed by atoms with Crippen LogP contribution in [-0.2, 0) is 11.3 Å². The molecule has 0 bridgehead atoms. The van der Waals surface area contributed by atoms with Crippen molar-refractivity contribution in [1.29, 1.82) is 0 Å². The molecule has 6 nitrogen and oxygen atoms in total. The van der Waals surface area contributed by atoms with Crippen molar-refractivity contribution < 1.29 is 4.79 Å². The highest BCUT2D eigenvalue weighted by Crippen LogP contribution is 2.18. The summed E-state index contributed by atoms with van der Waals surface area (Å²) in [7, 11) is 1.72. The second kappa shape index (κ2) is 8.10. The van der Waals surface area contributed by atoms with Gasteiger partial charge in [-0.05, 0) is 36.1 Å². The van der Waals surface area contributed by atoms with Crippen molar-refractivity contribution in [3.63, 3.8) is 0 Å². The van der Waals surface area contributed by atoms with E-state index >= 15 is 0 Å². The third-order valence-corrected chi connectivity index (χ3v) is 5.51. The lowest BCUT2D eigenvalue weighted by atomic mass is 10.3. The van der Waals surface area contributed by atoms with Gasteiger partial charge in [-0.3, -0.25) is 14.2 Å². The largest absolute Gasteiger partial charge is 0.344 e. The Kier molecular flexibility index (Phi) is 5.82. The third-order valence-electron chi connectivity index (χ3n) is 4.39. The van der Waals surface area contributed by atoms with Crippen LogP contribution in [-0.4, -0.2) is 33.5 Å². The lowest BCUT2D eigenvalue weighted by Gasteiger charge is -2.18. The van der Waals surface area contributed by atoms with Crippen molar-refractivity contribution in [2.75, 3.05) is 13.6 Å². The minimum absolute atomic E-state index is 0.118. The lowest BCUT2D eigenvalue weighted by Crippen LogP contribution is -2.41. The van der Waals surface area contributed by atoms with Gasteiger partial charge in [-0.2, -0.15) is 0 Å². The maximum absolute atomic E-state index is 13.1. The summed E-state index contributed by atoms with van der Waals surface area (Å²) in [4.78, 5) is 40.2. The molecule has 1 amide bonds. The molecule has 0 fully saturated rings. The molecule has 0 radical (unpaired) electrons. The Morgan fingerprint density at radius 1 is 1.26 bits per heavy atom. The molecule has 0 saturated carbocycles. The van der Waals surface area contributed by atoms with Gasteiger partial charge in [0.1, 0.15) is 11.2 Å². The van der Waals surface area contributed by atoms with Gasteiger partial charge in [0.15, 0.2) is 0 Å². The van der Waals surface area contributed by atoms with Gasteiger partial charge in [-0.1, -0.05) is 31.0 Å². The highest BCUT2D eigenvalue weighted by atomic mass is 35.5. The van der Waals surface area contributed by atoms with Gasteiger partial charge < -0.3 is 4.90 Å². The van der Waals surface area contributed by atoms with Gasteiger partial charge in [0.25, 0.3) is 5.56 Å². The summed E-state index contributed by atoms with van der Waals surface area (Å²) in [5.74, 6) is -0.172. The molecule has 2 aromatic heterocycles. The number of hydrogen-bond donors (Lipinski definition) is 0. The van der Waals surface area contributed by atoms with E-state index in [1.54, 1.807) is 47.7 Å². The summed E-state index contributed by atoms with van der Waals surface area (Å²) >= 11 is 7.28. The van der Waals surface area contributed by atoms with E-state index in [1.807, 2.05) is 0 Å². The number of thiophene rings is 1. The summed E-state index contributed by atoms with van der Waals surface area (Å²) < 4.78 is 2.86. The molecule has 8 heteroatoms.